The summed E-state index contributed by atoms with van der Waals surface area (Å²) in [6.07, 6.45) is 4.93. The lowest BCUT2D eigenvalue weighted by atomic mass is 9.97. The van der Waals surface area contributed by atoms with Crippen LogP contribution in [-0.2, 0) is 16.1 Å². The van der Waals surface area contributed by atoms with Gasteiger partial charge in [-0.05, 0) is 50.7 Å². The number of aldehydes is 2. The molecule has 1 amide bonds. The van der Waals surface area contributed by atoms with Crippen molar-refractivity contribution in [3.8, 4) is 0 Å². The van der Waals surface area contributed by atoms with Gasteiger partial charge in [0.1, 0.15) is 18.7 Å². The van der Waals surface area contributed by atoms with E-state index in [1.54, 1.807) is 31.0 Å². The van der Waals surface area contributed by atoms with Crippen molar-refractivity contribution in [3.63, 3.8) is 0 Å². The lowest BCUT2D eigenvalue weighted by Gasteiger charge is -2.28. The summed E-state index contributed by atoms with van der Waals surface area (Å²) in [5.41, 5.74) is 5.01. The SMILES string of the molecule is CN/C=C\C(NCC(O)Cn1nc(C)cc1C)C(C=O)C1Nc2cc(C)c(C=O)cc2N1.CNC=O. The van der Waals surface area contributed by atoms with Gasteiger partial charge in [-0.15, -0.1) is 0 Å². The maximum absolute atomic E-state index is 12.1. The van der Waals surface area contributed by atoms with E-state index in [1.807, 2.05) is 39.0 Å². The summed E-state index contributed by atoms with van der Waals surface area (Å²) in [4.78, 5) is 32.4. The van der Waals surface area contributed by atoms with Crippen molar-refractivity contribution >= 4 is 30.4 Å². The zero-order valence-electron chi connectivity index (χ0n) is 21.4. The standard InChI is InChI=1S/C23H32N6O3.C2H5NO/c1-14-7-21-22(9-17(14)12-30)27-23(26-21)19(13-31)20(5-6-24-4)25-10-18(32)11-29-16(3)8-15(2)28-29;1-3-2-4/h5-9,12-13,18-20,23-27,32H,10-11H2,1-4H3;2H,1H3,(H,3,4)/b6-5-;. The van der Waals surface area contributed by atoms with E-state index in [2.05, 4.69) is 31.7 Å². The highest BCUT2D eigenvalue weighted by atomic mass is 16.3. The number of hydrogen-bond acceptors (Lipinski definition) is 9. The fraction of sp³-hybridized carbons (Fsp3) is 0.440. The van der Waals surface area contributed by atoms with Gasteiger partial charge in [0.2, 0.25) is 6.41 Å². The number of hydrogen-bond donors (Lipinski definition) is 6. The second-order valence-corrected chi connectivity index (χ2v) is 8.60. The Morgan fingerprint density at radius 2 is 1.75 bits per heavy atom. The molecule has 0 fully saturated rings. The fourth-order valence-corrected chi connectivity index (χ4v) is 3.95. The molecule has 6 N–H and O–H groups in total. The molecule has 2 heterocycles. The Bertz CT molecular complexity index is 1050. The van der Waals surface area contributed by atoms with Crippen molar-refractivity contribution in [1.82, 2.24) is 25.7 Å². The molecule has 3 rings (SSSR count). The predicted molar refractivity (Wildman–Crippen MR) is 140 cm³/mol. The number of carbonyl (C=O) groups is 3. The molecule has 0 aliphatic carbocycles. The first-order chi connectivity index (χ1) is 17.3. The molecule has 11 heteroatoms. The summed E-state index contributed by atoms with van der Waals surface area (Å²) in [5.74, 6) is -0.479. The Kier molecular flexibility index (Phi) is 11.1. The lowest BCUT2D eigenvalue weighted by Crippen LogP contribution is -2.48. The number of aliphatic hydroxyl groups is 1. The summed E-state index contributed by atoms with van der Waals surface area (Å²) in [7, 11) is 3.35. The van der Waals surface area contributed by atoms with Crippen LogP contribution in [0.4, 0.5) is 11.4 Å². The number of anilines is 2. The average Bonchev–Trinajstić information content (AvgIpc) is 3.41. The van der Waals surface area contributed by atoms with Crippen molar-refractivity contribution in [2.45, 2.75) is 45.6 Å². The third-order valence-corrected chi connectivity index (χ3v) is 5.78. The van der Waals surface area contributed by atoms with Gasteiger partial charge in [0, 0.05) is 37.9 Å². The van der Waals surface area contributed by atoms with Gasteiger partial charge in [0.05, 0.1) is 35.6 Å². The number of nitrogens with zero attached hydrogens (tertiary/aromatic N) is 2. The first-order valence-electron chi connectivity index (χ1n) is 11.7. The summed E-state index contributed by atoms with van der Waals surface area (Å²) in [6.45, 7) is 6.39. The summed E-state index contributed by atoms with van der Waals surface area (Å²) in [6, 6.07) is 5.31. The summed E-state index contributed by atoms with van der Waals surface area (Å²) in [5, 5.41) is 30.1. The first kappa shape index (κ1) is 28.5. The van der Waals surface area contributed by atoms with Crippen LogP contribution in [-0.4, -0.2) is 72.8 Å². The molecule has 36 heavy (non-hydrogen) atoms. The number of aryl methyl sites for hydroxylation is 3. The molecule has 0 bridgehead atoms. The molecule has 2 aromatic rings. The highest BCUT2D eigenvalue weighted by molar-refractivity contribution is 5.86. The molecule has 0 saturated heterocycles. The zero-order valence-corrected chi connectivity index (χ0v) is 21.4. The van der Waals surface area contributed by atoms with E-state index in [0.717, 1.165) is 40.9 Å². The highest BCUT2D eigenvalue weighted by Gasteiger charge is 2.33. The monoisotopic (exact) mass is 499 g/mol. The van der Waals surface area contributed by atoms with E-state index < -0.39 is 12.0 Å². The topological polar surface area (TPSA) is 149 Å². The van der Waals surface area contributed by atoms with Crippen LogP contribution in [0.15, 0.2) is 30.5 Å². The number of fused-ring (bicyclic) bond motifs is 1. The van der Waals surface area contributed by atoms with Crippen LogP contribution < -0.4 is 26.6 Å². The Morgan fingerprint density at radius 1 is 1.08 bits per heavy atom. The Morgan fingerprint density at radius 3 is 2.28 bits per heavy atom. The van der Waals surface area contributed by atoms with Gasteiger partial charge in [0.25, 0.3) is 0 Å². The summed E-state index contributed by atoms with van der Waals surface area (Å²) >= 11 is 0. The molecule has 1 aliphatic heterocycles. The fourth-order valence-electron chi connectivity index (χ4n) is 3.95. The van der Waals surface area contributed by atoms with Crippen molar-refractivity contribution in [3.05, 3.63) is 53.0 Å². The van der Waals surface area contributed by atoms with E-state index in [0.29, 0.717) is 18.5 Å². The molecule has 1 aliphatic rings. The molecule has 1 aromatic heterocycles. The molecular formula is C25H37N7O4. The van der Waals surface area contributed by atoms with Gasteiger partial charge < -0.3 is 36.5 Å². The van der Waals surface area contributed by atoms with Crippen LogP contribution in [0, 0.1) is 26.7 Å². The van der Waals surface area contributed by atoms with Crippen molar-refractivity contribution < 1.29 is 19.5 Å². The second kappa shape index (κ2) is 14.0. The third-order valence-electron chi connectivity index (χ3n) is 5.78. The molecule has 0 radical (unpaired) electrons. The van der Waals surface area contributed by atoms with Gasteiger partial charge in [-0.1, -0.05) is 6.08 Å². The molecule has 0 spiro atoms. The van der Waals surface area contributed by atoms with E-state index in [1.165, 1.54) is 0 Å². The number of amides is 1. The zero-order chi connectivity index (χ0) is 26.7. The Hall–Kier alpha value is -3.70. The van der Waals surface area contributed by atoms with Crippen LogP contribution in [0.5, 0.6) is 0 Å². The van der Waals surface area contributed by atoms with Gasteiger partial charge in [-0.2, -0.15) is 5.10 Å². The molecule has 196 valence electrons. The molecule has 0 saturated carbocycles. The van der Waals surface area contributed by atoms with Crippen molar-refractivity contribution in [2.24, 2.45) is 5.92 Å². The quantitative estimate of drug-likeness (QED) is 0.232. The molecule has 1 aromatic carbocycles. The Balaban J connectivity index is 0.00000106. The highest BCUT2D eigenvalue weighted by Crippen LogP contribution is 2.34. The number of carbonyl (C=O) groups excluding carboxylic acids is 3. The molecule has 4 atom stereocenters. The van der Waals surface area contributed by atoms with Gasteiger partial charge in [0.15, 0.2) is 0 Å². The van der Waals surface area contributed by atoms with Crippen molar-refractivity contribution in [2.75, 3.05) is 31.3 Å². The maximum atomic E-state index is 12.1. The minimum absolute atomic E-state index is 0.287. The predicted octanol–water partition coefficient (Wildman–Crippen LogP) is 0.714. The van der Waals surface area contributed by atoms with Gasteiger partial charge in [-0.3, -0.25) is 14.3 Å². The van der Waals surface area contributed by atoms with Crippen molar-refractivity contribution in [1.29, 1.82) is 0 Å². The van der Waals surface area contributed by atoms with E-state index in [-0.39, 0.29) is 18.8 Å². The number of rotatable bonds is 12. The van der Waals surface area contributed by atoms with Crippen LogP contribution in [0.1, 0.15) is 27.3 Å². The first-order valence-corrected chi connectivity index (χ1v) is 11.7. The van der Waals surface area contributed by atoms with Gasteiger partial charge in [-0.25, -0.2) is 0 Å². The summed E-state index contributed by atoms with van der Waals surface area (Å²) < 4.78 is 1.78. The minimum atomic E-state index is -0.676. The van der Waals surface area contributed by atoms with Gasteiger partial charge >= 0.3 is 0 Å². The van der Waals surface area contributed by atoms with Crippen LogP contribution in [0.3, 0.4) is 0 Å². The maximum Gasteiger partial charge on any atom is 0.206 e. The number of benzene rings is 1. The number of aromatic nitrogens is 2. The lowest BCUT2D eigenvalue weighted by molar-refractivity contribution is -0.112. The van der Waals surface area contributed by atoms with E-state index in [4.69, 9.17) is 4.79 Å². The average molecular weight is 500 g/mol. The Labute approximate surface area is 211 Å². The largest absolute Gasteiger partial charge is 0.394 e. The number of aliphatic hydroxyl groups excluding tert-OH is 1. The molecule has 11 nitrogen and oxygen atoms in total. The minimum Gasteiger partial charge on any atom is -0.394 e. The number of nitrogens with one attached hydrogen (secondary N) is 5. The van der Waals surface area contributed by atoms with Crippen LogP contribution in [0.2, 0.25) is 0 Å². The van der Waals surface area contributed by atoms with Crippen LogP contribution >= 0.6 is 0 Å². The third kappa shape index (κ3) is 7.65. The molecular weight excluding hydrogens is 462 g/mol. The van der Waals surface area contributed by atoms with E-state index >= 15 is 0 Å². The second-order valence-electron chi connectivity index (χ2n) is 8.60. The normalized spacial score (nSPS) is 16.4. The smallest absolute Gasteiger partial charge is 0.206 e. The molecule has 4 unspecified atom stereocenters. The van der Waals surface area contributed by atoms with E-state index in [9.17, 15) is 14.7 Å². The van der Waals surface area contributed by atoms with Crippen LogP contribution in [0.25, 0.3) is 0 Å².